The van der Waals surface area contributed by atoms with E-state index in [0.717, 1.165) is 29.6 Å². The SMILES string of the molecule is CCN(CC)c1ccc2c(c1)c(/C=C\C(=O)O)cn2C. The first-order valence-corrected chi connectivity index (χ1v) is 6.81. The van der Waals surface area contributed by atoms with Crippen molar-refractivity contribution in [3.8, 4) is 0 Å². The summed E-state index contributed by atoms with van der Waals surface area (Å²) in [6.45, 7) is 6.16. The summed E-state index contributed by atoms with van der Waals surface area (Å²) < 4.78 is 2.02. The highest BCUT2D eigenvalue weighted by molar-refractivity contribution is 5.95. The molecular weight excluding hydrogens is 252 g/mol. The molecule has 106 valence electrons. The molecule has 4 nitrogen and oxygen atoms in total. The molecule has 4 heteroatoms. The number of carboxylic acid groups (broad SMARTS) is 1. The van der Waals surface area contributed by atoms with Crippen LogP contribution in [0.1, 0.15) is 19.4 Å². The van der Waals surface area contributed by atoms with E-state index < -0.39 is 5.97 Å². The van der Waals surface area contributed by atoms with E-state index in [1.165, 1.54) is 11.8 Å². The van der Waals surface area contributed by atoms with Gasteiger partial charge in [0.1, 0.15) is 0 Å². The number of aromatic nitrogens is 1. The van der Waals surface area contributed by atoms with Gasteiger partial charge in [-0.2, -0.15) is 0 Å². The first-order chi connectivity index (χ1) is 9.56. The van der Waals surface area contributed by atoms with Crippen LogP contribution in [-0.4, -0.2) is 28.7 Å². The van der Waals surface area contributed by atoms with Crippen molar-refractivity contribution in [2.75, 3.05) is 18.0 Å². The summed E-state index contributed by atoms with van der Waals surface area (Å²) >= 11 is 0. The van der Waals surface area contributed by atoms with Crippen LogP contribution in [0.5, 0.6) is 0 Å². The van der Waals surface area contributed by atoms with Crippen LogP contribution in [0.2, 0.25) is 0 Å². The van der Waals surface area contributed by atoms with Gasteiger partial charge in [-0.05, 0) is 38.1 Å². The van der Waals surface area contributed by atoms with Crippen molar-refractivity contribution in [3.63, 3.8) is 0 Å². The average Bonchev–Trinajstić information content (AvgIpc) is 2.74. The van der Waals surface area contributed by atoms with Crippen molar-refractivity contribution in [3.05, 3.63) is 36.0 Å². The molecule has 2 aromatic rings. The standard InChI is InChI=1S/C16H20N2O2/c1-4-18(5-2)13-7-8-15-14(10-13)12(11-17(15)3)6-9-16(19)20/h6-11H,4-5H2,1-3H3,(H,19,20)/b9-6-. The van der Waals surface area contributed by atoms with Gasteiger partial charge in [-0.1, -0.05) is 0 Å². The third kappa shape index (κ3) is 2.69. The molecule has 0 bridgehead atoms. The van der Waals surface area contributed by atoms with Crippen LogP contribution in [0.15, 0.2) is 30.5 Å². The summed E-state index contributed by atoms with van der Waals surface area (Å²) in [6, 6.07) is 6.32. The topological polar surface area (TPSA) is 45.5 Å². The van der Waals surface area contributed by atoms with E-state index in [1.54, 1.807) is 6.08 Å². The van der Waals surface area contributed by atoms with Crippen molar-refractivity contribution >= 4 is 28.6 Å². The van der Waals surface area contributed by atoms with Gasteiger partial charge in [0.2, 0.25) is 0 Å². The molecule has 0 aliphatic carbocycles. The highest BCUT2D eigenvalue weighted by atomic mass is 16.4. The normalized spacial score (nSPS) is 11.3. The number of carbonyl (C=O) groups is 1. The third-order valence-electron chi connectivity index (χ3n) is 3.54. The third-order valence-corrected chi connectivity index (χ3v) is 3.54. The number of rotatable bonds is 5. The zero-order valence-electron chi connectivity index (χ0n) is 12.1. The Bertz CT molecular complexity index is 652. The lowest BCUT2D eigenvalue weighted by molar-refractivity contribution is -0.131. The summed E-state index contributed by atoms with van der Waals surface area (Å²) in [4.78, 5) is 13.0. The van der Waals surface area contributed by atoms with Crippen molar-refractivity contribution < 1.29 is 9.90 Å². The van der Waals surface area contributed by atoms with Gasteiger partial charge in [0, 0.05) is 54.6 Å². The molecule has 0 aliphatic heterocycles. The Kier molecular flexibility index (Phi) is 4.13. The van der Waals surface area contributed by atoms with Crippen molar-refractivity contribution in [2.45, 2.75) is 13.8 Å². The fourth-order valence-electron chi connectivity index (χ4n) is 2.49. The molecule has 0 saturated heterocycles. The first-order valence-electron chi connectivity index (χ1n) is 6.81. The van der Waals surface area contributed by atoms with Crippen molar-refractivity contribution in [1.29, 1.82) is 0 Å². The first kappa shape index (κ1) is 14.2. The van der Waals surface area contributed by atoms with Gasteiger partial charge >= 0.3 is 5.97 Å². The van der Waals surface area contributed by atoms with E-state index in [-0.39, 0.29) is 0 Å². The molecule has 0 saturated carbocycles. The summed E-state index contributed by atoms with van der Waals surface area (Å²) in [5.74, 6) is -0.929. The summed E-state index contributed by atoms with van der Waals surface area (Å²) in [5, 5.41) is 9.85. The van der Waals surface area contributed by atoms with Crippen LogP contribution in [0.4, 0.5) is 5.69 Å². The smallest absolute Gasteiger partial charge is 0.328 e. The summed E-state index contributed by atoms with van der Waals surface area (Å²) in [7, 11) is 1.97. The van der Waals surface area contributed by atoms with E-state index in [1.807, 2.05) is 17.8 Å². The van der Waals surface area contributed by atoms with Gasteiger partial charge in [-0.25, -0.2) is 4.79 Å². The van der Waals surface area contributed by atoms with Crippen LogP contribution in [0.25, 0.3) is 17.0 Å². The molecule has 0 aliphatic rings. The Morgan fingerprint density at radius 3 is 2.65 bits per heavy atom. The molecule has 1 aromatic carbocycles. The molecular formula is C16H20N2O2. The van der Waals surface area contributed by atoms with Crippen LogP contribution in [-0.2, 0) is 11.8 Å². The molecule has 0 unspecified atom stereocenters. The van der Waals surface area contributed by atoms with Crippen LogP contribution in [0.3, 0.4) is 0 Å². The van der Waals surface area contributed by atoms with E-state index in [2.05, 4.69) is 36.9 Å². The minimum absolute atomic E-state index is 0.929. The number of hydrogen-bond donors (Lipinski definition) is 1. The number of aryl methyl sites for hydroxylation is 1. The minimum atomic E-state index is -0.929. The number of nitrogens with zero attached hydrogens (tertiary/aromatic N) is 2. The highest BCUT2D eigenvalue weighted by Crippen LogP contribution is 2.27. The lowest BCUT2D eigenvalue weighted by Gasteiger charge is -2.21. The number of hydrogen-bond acceptors (Lipinski definition) is 2. The lowest BCUT2D eigenvalue weighted by Crippen LogP contribution is -2.21. The second-order valence-electron chi connectivity index (χ2n) is 4.74. The molecule has 2 rings (SSSR count). The quantitative estimate of drug-likeness (QED) is 0.851. The van der Waals surface area contributed by atoms with Gasteiger partial charge in [0.15, 0.2) is 0 Å². The maximum atomic E-state index is 10.7. The highest BCUT2D eigenvalue weighted by Gasteiger charge is 2.08. The summed E-state index contributed by atoms with van der Waals surface area (Å²) in [5.41, 5.74) is 3.20. The molecule has 0 amide bonds. The molecule has 1 aromatic heterocycles. The summed E-state index contributed by atoms with van der Waals surface area (Å²) in [6.07, 6.45) is 4.78. The van der Waals surface area contributed by atoms with Gasteiger partial charge < -0.3 is 14.6 Å². The molecule has 1 heterocycles. The maximum absolute atomic E-state index is 10.7. The Morgan fingerprint density at radius 1 is 1.35 bits per heavy atom. The fraction of sp³-hybridized carbons (Fsp3) is 0.312. The number of anilines is 1. The Morgan fingerprint density at radius 2 is 2.05 bits per heavy atom. The van der Waals surface area contributed by atoms with Crippen molar-refractivity contribution in [2.24, 2.45) is 7.05 Å². The second kappa shape index (κ2) is 5.82. The molecule has 1 N–H and O–H groups in total. The maximum Gasteiger partial charge on any atom is 0.328 e. The largest absolute Gasteiger partial charge is 0.478 e. The Balaban J connectivity index is 2.54. The number of aliphatic carboxylic acids is 1. The molecule has 0 atom stereocenters. The van der Waals surface area contributed by atoms with Gasteiger partial charge in [-0.3, -0.25) is 0 Å². The number of fused-ring (bicyclic) bond motifs is 1. The Labute approximate surface area is 118 Å². The monoisotopic (exact) mass is 272 g/mol. The number of carboxylic acids is 1. The van der Waals surface area contributed by atoms with Gasteiger partial charge in [0.25, 0.3) is 0 Å². The molecule has 0 fully saturated rings. The molecule has 0 radical (unpaired) electrons. The van der Waals surface area contributed by atoms with Crippen LogP contribution < -0.4 is 4.90 Å². The predicted molar refractivity (Wildman–Crippen MR) is 83.1 cm³/mol. The lowest BCUT2D eigenvalue weighted by atomic mass is 10.1. The van der Waals surface area contributed by atoms with Crippen LogP contribution in [0, 0.1) is 0 Å². The van der Waals surface area contributed by atoms with E-state index >= 15 is 0 Å². The second-order valence-corrected chi connectivity index (χ2v) is 4.74. The van der Waals surface area contributed by atoms with E-state index in [4.69, 9.17) is 5.11 Å². The zero-order chi connectivity index (χ0) is 14.7. The Hall–Kier alpha value is -2.23. The molecule has 20 heavy (non-hydrogen) atoms. The minimum Gasteiger partial charge on any atom is -0.478 e. The van der Waals surface area contributed by atoms with E-state index in [0.29, 0.717) is 0 Å². The predicted octanol–water partition coefficient (Wildman–Crippen LogP) is 3.12. The van der Waals surface area contributed by atoms with Gasteiger partial charge in [-0.15, -0.1) is 0 Å². The number of benzene rings is 1. The van der Waals surface area contributed by atoms with E-state index in [9.17, 15) is 4.79 Å². The van der Waals surface area contributed by atoms with Crippen molar-refractivity contribution in [1.82, 2.24) is 4.57 Å². The fourth-order valence-corrected chi connectivity index (χ4v) is 2.49. The van der Waals surface area contributed by atoms with Crippen LogP contribution >= 0.6 is 0 Å². The zero-order valence-corrected chi connectivity index (χ0v) is 12.1. The average molecular weight is 272 g/mol. The van der Waals surface area contributed by atoms with Gasteiger partial charge in [0.05, 0.1) is 0 Å². The molecule has 0 spiro atoms.